The van der Waals surface area contributed by atoms with Gasteiger partial charge in [0.15, 0.2) is 6.61 Å². The first kappa shape index (κ1) is 21.9. The van der Waals surface area contributed by atoms with E-state index in [4.69, 9.17) is 32.7 Å². The number of ether oxygens (including phenoxy) is 2. The number of benzene rings is 2. The first-order valence-electron chi connectivity index (χ1n) is 10.5. The van der Waals surface area contributed by atoms with Gasteiger partial charge in [0.2, 0.25) is 11.8 Å². The highest BCUT2D eigenvalue weighted by Crippen LogP contribution is 2.51. The highest BCUT2D eigenvalue weighted by molar-refractivity contribution is 6.35. The normalized spacial score (nSPS) is 27.2. The number of halogens is 2. The molecule has 3 amide bonds. The summed E-state index contributed by atoms with van der Waals surface area (Å²) in [5.41, 5.74) is -0.179. The molecule has 7 nitrogen and oxygen atoms in total. The number of likely N-dealkylation sites (tertiary alicyclic amines) is 1. The summed E-state index contributed by atoms with van der Waals surface area (Å²) >= 11 is 11.9. The second-order valence-corrected chi connectivity index (χ2v) is 9.13. The Hall–Kier alpha value is -2.87. The number of rotatable bonds is 7. The van der Waals surface area contributed by atoms with Gasteiger partial charge in [-0.1, -0.05) is 65.7 Å². The molecule has 9 heteroatoms. The Labute approximate surface area is 200 Å². The van der Waals surface area contributed by atoms with Crippen LogP contribution in [0.1, 0.15) is 5.56 Å². The Morgan fingerprint density at radius 1 is 1.12 bits per heavy atom. The molecule has 2 fully saturated rings. The molecule has 0 spiro atoms. The van der Waals surface area contributed by atoms with Crippen LogP contribution in [0.2, 0.25) is 10.0 Å². The Balaban J connectivity index is 1.24. The number of nitrogens with zero attached hydrogens (tertiary/aromatic N) is 1. The maximum absolute atomic E-state index is 13.2. The molecule has 0 saturated carbocycles. The van der Waals surface area contributed by atoms with Gasteiger partial charge in [-0.3, -0.25) is 19.3 Å². The van der Waals surface area contributed by atoms with Crippen LogP contribution in [0.25, 0.3) is 0 Å². The lowest BCUT2D eigenvalue weighted by atomic mass is 9.77. The summed E-state index contributed by atoms with van der Waals surface area (Å²) < 4.78 is 11.5. The molecule has 0 aliphatic carbocycles. The van der Waals surface area contributed by atoms with Crippen LogP contribution in [0, 0.1) is 11.8 Å². The number of hydrogen-bond donors (Lipinski definition) is 1. The maximum Gasteiger partial charge on any atom is 0.258 e. The molecule has 5 rings (SSSR count). The molecule has 33 heavy (non-hydrogen) atoms. The topological polar surface area (TPSA) is 84.9 Å². The van der Waals surface area contributed by atoms with Gasteiger partial charge in [-0.25, -0.2) is 0 Å². The van der Waals surface area contributed by atoms with Crippen molar-refractivity contribution in [1.29, 1.82) is 0 Å². The van der Waals surface area contributed by atoms with Crippen LogP contribution in [0.3, 0.4) is 0 Å². The third-order valence-corrected chi connectivity index (χ3v) is 6.77. The molecular weight excluding hydrogens is 467 g/mol. The van der Waals surface area contributed by atoms with Gasteiger partial charge in [-0.05, 0) is 23.8 Å². The lowest BCUT2D eigenvalue weighted by Gasteiger charge is -2.29. The van der Waals surface area contributed by atoms with E-state index in [1.165, 1.54) is 11.0 Å². The zero-order valence-corrected chi connectivity index (χ0v) is 18.9. The molecule has 3 heterocycles. The molecule has 0 aromatic heterocycles. The Kier molecular flexibility index (Phi) is 5.64. The number of imide groups is 1. The molecule has 170 valence electrons. The lowest BCUT2D eigenvalue weighted by Crippen LogP contribution is -2.49. The van der Waals surface area contributed by atoms with E-state index in [-0.39, 0.29) is 31.5 Å². The van der Waals surface area contributed by atoms with Crippen LogP contribution in [0.5, 0.6) is 5.75 Å². The number of nitrogens with one attached hydrogen (secondary N) is 1. The van der Waals surface area contributed by atoms with Gasteiger partial charge in [-0.15, -0.1) is 0 Å². The van der Waals surface area contributed by atoms with Crippen molar-refractivity contribution in [3.63, 3.8) is 0 Å². The molecule has 4 atom stereocenters. The minimum atomic E-state index is -1.05. The van der Waals surface area contributed by atoms with E-state index in [0.717, 1.165) is 5.56 Å². The summed E-state index contributed by atoms with van der Waals surface area (Å²) in [6, 6.07) is 14.1. The van der Waals surface area contributed by atoms with Crippen molar-refractivity contribution in [3.8, 4) is 5.75 Å². The molecule has 2 aromatic rings. The monoisotopic (exact) mass is 486 g/mol. The van der Waals surface area contributed by atoms with Gasteiger partial charge >= 0.3 is 0 Å². The second-order valence-electron chi connectivity index (χ2n) is 8.29. The number of amides is 3. The van der Waals surface area contributed by atoms with Crippen LogP contribution >= 0.6 is 23.2 Å². The predicted molar refractivity (Wildman–Crippen MR) is 121 cm³/mol. The third-order valence-electron chi connectivity index (χ3n) is 6.24. The number of fused-ring (bicyclic) bond motifs is 5. The number of carbonyl (C=O) groups excluding carboxylic acids is 3. The third kappa shape index (κ3) is 3.90. The lowest BCUT2D eigenvalue weighted by molar-refractivity contribution is -0.145. The van der Waals surface area contributed by atoms with E-state index in [2.05, 4.69) is 5.32 Å². The van der Waals surface area contributed by atoms with E-state index in [1.807, 2.05) is 30.3 Å². The van der Waals surface area contributed by atoms with Crippen LogP contribution in [0.4, 0.5) is 0 Å². The summed E-state index contributed by atoms with van der Waals surface area (Å²) in [5, 5.41) is 3.52. The Morgan fingerprint density at radius 3 is 2.67 bits per heavy atom. The smallest absolute Gasteiger partial charge is 0.258 e. The summed E-state index contributed by atoms with van der Waals surface area (Å²) in [4.78, 5) is 40.0. The van der Waals surface area contributed by atoms with E-state index < -0.39 is 29.4 Å². The van der Waals surface area contributed by atoms with Crippen LogP contribution in [-0.2, 0) is 25.7 Å². The van der Waals surface area contributed by atoms with E-state index in [9.17, 15) is 14.4 Å². The highest BCUT2D eigenvalue weighted by Gasteiger charge is 2.67. The predicted octanol–water partition coefficient (Wildman–Crippen LogP) is 3.00. The van der Waals surface area contributed by atoms with Crippen molar-refractivity contribution in [2.75, 3.05) is 13.2 Å². The average Bonchev–Trinajstić information content (AvgIpc) is 3.44. The van der Waals surface area contributed by atoms with Gasteiger partial charge in [0.05, 0.1) is 36.1 Å². The fourth-order valence-electron chi connectivity index (χ4n) is 4.71. The molecule has 3 aliphatic heterocycles. The molecular formula is C24H20Cl2N2O5. The number of hydrogen-bond acceptors (Lipinski definition) is 5. The minimum Gasteiger partial charge on any atom is -0.482 e. The van der Waals surface area contributed by atoms with Gasteiger partial charge in [-0.2, -0.15) is 0 Å². The molecule has 1 N–H and O–H groups in total. The minimum absolute atomic E-state index is 0.0515. The molecule has 2 bridgehead atoms. The van der Waals surface area contributed by atoms with Gasteiger partial charge in [0, 0.05) is 5.02 Å². The fraction of sp³-hybridized carbons (Fsp3) is 0.292. The van der Waals surface area contributed by atoms with Crippen LogP contribution < -0.4 is 10.1 Å². The van der Waals surface area contributed by atoms with E-state index in [1.54, 1.807) is 24.3 Å². The van der Waals surface area contributed by atoms with Crippen LogP contribution in [-0.4, -0.2) is 47.5 Å². The summed E-state index contributed by atoms with van der Waals surface area (Å²) in [6.07, 6.45) is 3.11. The highest BCUT2D eigenvalue weighted by atomic mass is 35.5. The van der Waals surface area contributed by atoms with Crippen molar-refractivity contribution in [2.45, 2.75) is 18.2 Å². The van der Waals surface area contributed by atoms with E-state index in [0.29, 0.717) is 15.8 Å². The van der Waals surface area contributed by atoms with Crippen molar-refractivity contribution in [3.05, 3.63) is 76.3 Å². The van der Waals surface area contributed by atoms with Crippen molar-refractivity contribution in [2.24, 2.45) is 11.8 Å². The SMILES string of the molecule is O=C(COc1ccc(Cl)cc1Cl)NC[C@@]12C=C[C@@H](O1)[C@@H]1C(=O)N(Cc3ccccc3)C(=O)[C@@H]12. The Bertz CT molecular complexity index is 1150. The van der Waals surface area contributed by atoms with Gasteiger partial charge < -0.3 is 14.8 Å². The van der Waals surface area contributed by atoms with Crippen molar-refractivity contribution < 1.29 is 23.9 Å². The zero-order chi connectivity index (χ0) is 23.2. The van der Waals surface area contributed by atoms with Crippen molar-refractivity contribution in [1.82, 2.24) is 10.2 Å². The summed E-state index contributed by atoms with van der Waals surface area (Å²) in [6.45, 7) is -0.00204. The zero-order valence-electron chi connectivity index (χ0n) is 17.4. The van der Waals surface area contributed by atoms with Gasteiger partial charge in [0.1, 0.15) is 11.4 Å². The summed E-state index contributed by atoms with van der Waals surface area (Å²) in [7, 11) is 0. The van der Waals surface area contributed by atoms with Gasteiger partial charge in [0.25, 0.3) is 5.91 Å². The van der Waals surface area contributed by atoms with Crippen LogP contribution in [0.15, 0.2) is 60.7 Å². The standard InChI is InChI=1S/C24H20Cl2N2O5/c25-15-6-7-17(16(26)10-15)32-12-19(29)27-13-24-9-8-18(33-24)20-21(24)23(31)28(22(20)30)11-14-4-2-1-3-5-14/h1-10,18,20-21H,11-13H2,(H,27,29)/t18-,20+,21-,24-/m1/s1. The molecule has 0 radical (unpaired) electrons. The first-order chi connectivity index (χ1) is 15.9. The molecule has 3 aliphatic rings. The fourth-order valence-corrected chi connectivity index (χ4v) is 5.17. The molecule has 0 unspecified atom stereocenters. The summed E-state index contributed by atoms with van der Waals surface area (Å²) in [5.74, 6) is -1.84. The van der Waals surface area contributed by atoms with E-state index >= 15 is 0 Å². The Morgan fingerprint density at radius 2 is 1.91 bits per heavy atom. The first-order valence-corrected chi connectivity index (χ1v) is 11.2. The molecule has 2 aromatic carbocycles. The van der Waals surface area contributed by atoms with Crippen molar-refractivity contribution >= 4 is 40.9 Å². The number of carbonyl (C=O) groups is 3. The second kappa shape index (κ2) is 8.48. The molecule has 2 saturated heterocycles. The average molecular weight is 487 g/mol. The quantitative estimate of drug-likeness (QED) is 0.480. The largest absolute Gasteiger partial charge is 0.482 e. The maximum atomic E-state index is 13.2.